The second-order valence-electron chi connectivity index (χ2n) is 4.49. The molecule has 1 aromatic rings. The van der Waals surface area contributed by atoms with Crippen molar-refractivity contribution in [1.82, 2.24) is 5.32 Å². The van der Waals surface area contributed by atoms with Gasteiger partial charge in [0.2, 0.25) is 5.91 Å². The molecule has 19 heavy (non-hydrogen) atoms. The van der Waals surface area contributed by atoms with Crippen LogP contribution in [-0.2, 0) is 9.53 Å². The molecule has 1 fully saturated rings. The molecule has 2 rings (SSSR count). The van der Waals surface area contributed by atoms with Crippen LogP contribution < -0.4 is 11.1 Å². The Labute approximate surface area is 107 Å². The summed E-state index contributed by atoms with van der Waals surface area (Å²) in [4.78, 5) is 22.8. The molecule has 0 unspecified atom stereocenters. The minimum Gasteiger partial charge on any atom is -0.376 e. The molecule has 0 saturated carbocycles. The minimum atomic E-state index is -0.966. The molecule has 3 N–H and O–H groups in total. The van der Waals surface area contributed by atoms with Gasteiger partial charge in [-0.1, -0.05) is 0 Å². The van der Waals surface area contributed by atoms with Crippen LogP contribution in [0.2, 0.25) is 0 Å². The topological polar surface area (TPSA) is 81.4 Å². The van der Waals surface area contributed by atoms with Gasteiger partial charge in [0.25, 0.3) is 5.91 Å². The molecule has 1 aromatic carbocycles. The summed E-state index contributed by atoms with van der Waals surface area (Å²) in [6.45, 7) is 0.259. The Morgan fingerprint density at radius 2 is 2.05 bits per heavy atom. The van der Waals surface area contributed by atoms with Crippen molar-refractivity contribution >= 4 is 11.8 Å². The lowest BCUT2D eigenvalue weighted by molar-refractivity contribution is -0.127. The lowest BCUT2D eigenvalue weighted by Crippen LogP contribution is -2.63. The molecule has 1 aliphatic heterocycles. The van der Waals surface area contributed by atoms with Crippen LogP contribution in [0.25, 0.3) is 0 Å². The van der Waals surface area contributed by atoms with Gasteiger partial charge in [-0.3, -0.25) is 9.59 Å². The van der Waals surface area contributed by atoms with E-state index in [9.17, 15) is 18.4 Å². The number of hydrogen-bond donors (Lipinski definition) is 2. The number of nitrogens with one attached hydrogen (secondary N) is 1. The van der Waals surface area contributed by atoms with Gasteiger partial charge >= 0.3 is 0 Å². The summed E-state index contributed by atoms with van der Waals surface area (Å²) in [5, 5.41) is 2.51. The molecule has 7 heteroatoms. The van der Waals surface area contributed by atoms with Crippen LogP contribution >= 0.6 is 0 Å². The molecular formula is C12H12F2N2O3. The maximum absolute atomic E-state index is 13.4. The summed E-state index contributed by atoms with van der Waals surface area (Å²) in [6, 6.07) is 2.64. The largest absolute Gasteiger partial charge is 0.376 e. The standard InChI is InChI=1S/C12H12F2N2O3/c13-7-1-2-8(9(14)3-7)11(18)16-12(4-10(15)17)5-19-6-12/h1-3H,4-6H2,(H2,15,17)(H,16,18). The van der Waals surface area contributed by atoms with Gasteiger partial charge < -0.3 is 15.8 Å². The lowest BCUT2D eigenvalue weighted by Gasteiger charge is -2.41. The lowest BCUT2D eigenvalue weighted by atomic mass is 9.92. The monoisotopic (exact) mass is 270 g/mol. The van der Waals surface area contributed by atoms with Crippen LogP contribution in [0.5, 0.6) is 0 Å². The number of halogens is 2. The Morgan fingerprint density at radius 3 is 2.53 bits per heavy atom. The van der Waals surface area contributed by atoms with Gasteiger partial charge in [0.1, 0.15) is 11.6 Å². The number of amides is 2. The third-order valence-corrected chi connectivity index (χ3v) is 2.82. The summed E-state index contributed by atoms with van der Waals surface area (Å²) in [5.41, 5.74) is 3.89. The molecule has 0 atom stereocenters. The Balaban J connectivity index is 2.13. The summed E-state index contributed by atoms with van der Waals surface area (Å²) in [5.74, 6) is -3.06. The Bertz CT molecular complexity index is 530. The van der Waals surface area contributed by atoms with Crippen molar-refractivity contribution in [2.45, 2.75) is 12.0 Å². The van der Waals surface area contributed by atoms with E-state index in [0.717, 1.165) is 12.1 Å². The fourth-order valence-corrected chi connectivity index (χ4v) is 1.88. The van der Waals surface area contributed by atoms with Gasteiger partial charge in [-0.05, 0) is 12.1 Å². The van der Waals surface area contributed by atoms with Gasteiger partial charge in [-0.2, -0.15) is 0 Å². The SMILES string of the molecule is NC(=O)CC1(NC(=O)c2ccc(F)cc2F)COC1. The van der Waals surface area contributed by atoms with Gasteiger partial charge in [-0.15, -0.1) is 0 Å². The van der Waals surface area contributed by atoms with Crippen molar-refractivity contribution in [3.05, 3.63) is 35.4 Å². The average Bonchev–Trinajstić information content (AvgIpc) is 2.25. The highest BCUT2D eigenvalue weighted by molar-refractivity contribution is 5.95. The predicted molar refractivity (Wildman–Crippen MR) is 61.2 cm³/mol. The first kappa shape index (κ1) is 13.4. The van der Waals surface area contributed by atoms with E-state index in [0.29, 0.717) is 6.07 Å². The fourth-order valence-electron chi connectivity index (χ4n) is 1.88. The van der Waals surface area contributed by atoms with Crippen molar-refractivity contribution in [3.8, 4) is 0 Å². The molecule has 1 heterocycles. The second kappa shape index (κ2) is 4.93. The quantitative estimate of drug-likeness (QED) is 0.827. The van der Waals surface area contributed by atoms with Crippen molar-refractivity contribution in [2.24, 2.45) is 5.73 Å². The van der Waals surface area contributed by atoms with Crippen LogP contribution in [0.3, 0.4) is 0 Å². The smallest absolute Gasteiger partial charge is 0.254 e. The molecule has 2 amide bonds. The van der Waals surface area contributed by atoms with E-state index < -0.39 is 29.0 Å². The molecule has 0 aliphatic carbocycles. The van der Waals surface area contributed by atoms with Crippen LogP contribution in [0.4, 0.5) is 8.78 Å². The molecule has 0 aromatic heterocycles. The van der Waals surface area contributed by atoms with Gasteiger partial charge in [0, 0.05) is 6.07 Å². The third-order valence-electron chi connectivity index (χ3n) is 2.82. The molecule has 0 bridgehead atoms. The third kappa shape index (κ3) is 2.87. The maximum atomic E-state index is 13.4. The highest BCUT2D eigenvalue weighted by atomic mass is 19.1. The van der Waals surface area contributed by atoms with Gasteiger partial charge in [0.05, 0.1) is 30.7 Å². The van der Waals surface area contributed by atoms with Crippen LogP contribution in [0.15, 0.2) is 18.2 Å². The Kier molecular flexibility index (Phi) is 3.48. The van der Waals surface area contributed by atoms with E-state index in [1.165, 1.54) is 0 Å². The number of benzene rings is 1. The zero-order valence-electron chi connectivity index (χ0n) is 9.91. The van der Waals surface area contributed by atoms with E-state index in [1.54, 1.807) is 0 Å². The molecule has 0 radical (unpaired) electrons. The molecular weight excluding hydrogens is 258 g/mol. The van der Waals surface area contributed by atoms with Crippen LogP contribution in [-0.4, -0.2) is 30.6 Å². The number of primary amides is 1. The number of ether oxygens (including phenoxy) is 1. The molecule has 102 valence electrons. The highest BCUT2D eigenvalue weighted by Gasteiger charge is 2.41. The van der Waals surface area contributed by atoms with Gasteiger partial charge in [0.15, 0.2) is 0 Å². The Morgan fingerprint density at radius 1 is 1.37 bits per heavy atom. The fraction of sp³-hybridized carbons (Fsp3) is 0.333. The van der Waals surface area contributed by atoms with E-state index in [-0.39, 0.29) is 25.2 Å². The van der Waals surface area contributed by atoms with Crippen molar-refractivity contribution in [1.29, 1.82) is 0 Å². The van der Waals surface area contributed by atoms with Crippen LogP contribution in [0.1, 0.15) is 16.8 Å². The Hall–Kier alpha value is -2.02. The summed E-state index contributed by atoms with van der Waals surface area (Å²) in [6.07, 6.45) is -0.0957. The van der Waals surface area contributed by atoms with E-state index in [2.05, 4.69) is 5.32 Å². The van der Waals surface area contributed by atoms with E-state index in [1.807, 2.05) is 0 Å². The van der Waals surface area contributed by atoms with Crippen molar-refractivity contribution < 1.29 is 23.1 Å². The first-order valence-corrected chi connectivity index (χ1v) is 5.55. The van der Waals surface area contributed by atoms with E-state index >= 15 is 0 Å². The van der Waals surface area contributed by atoms with Gasteiger partial charge in [-0.25, -0.2) is 8.78 Å². The molecule has 1 aliphatic rings. The first-order valence-electron chi connectivity index (χ1n) is 5.55. The number of hydrogen-bond acceptors (Lipinski definition) is 3. The molecule has 0 spiro atoms. The average molecular weight is 270 g/mol. The predicted octanol–water partition coefficient (Wildman–Crippen LogP) is 0.339. The number of carbonyl (C=O) groups is 2. The maximum Gasteiger partial charge on any atom is 0.254 e. The summed E-state index contributed by atoms with van der Waals surface area (Å²) in [7, 11) is 0. The zero-order chi connectivity index (χ0) is 14.0. The zero-order valence-corrected chi connectivity index (χ0v) is 9.91. The number of carbonyl (C=O) groups excluding carboxylic acids is 2. The minimum absolute atomic E-state index is 0.0957. The second-order valence-corrected chi connectivity index (χ2v) is 4.49. The van der Waals surface area contributed by atoms with E-state index in [4.69, 9.17) is 10.5 Å². The highest BCUT2D eigenvalue weighted by Crippen LogP contribution is 2.22. The normalized spacial score (nSPS) is 16.5. The molecule has 1 saturated heterocycles. The summed E-state index contributed by atoms with van der Waals surface area (Å²) < 4.78 is 31.1. The number of nitrogens with two attached hydrogens (primary N) is 1. The van der Waals surface area contributed by atoms with Crippen LogP contribution in [0, 0.1) is 11.6 Å². The van der Waals surface area contributed by atoms with Crippen molar-refractivity contribution in [3.63, 3.8) is 0 Å². The molecule has 5 nitrogen and oxygen atoms in total. The van der Waals surface area contributed by atoms with Crippen molar-refractivity contribution in [2.75, 3.05) is 13.2 Å². The number of rotatable bonds is 4. The first-order chi connectivity index (χ1) is 8.92. The summed E-state index contributed by atoms with van der Waals surface area (Å²) >= 11 is 0.